The summed E-state index contributed by atoms with van der Waals surface area (Å²) in [5, 5.41) is 9.33. The number of allylic oxidation sites excluding steroid dienone is 1. The van der Waals surface area contributed by atoms with Crippen LogP contribution >= 0.6 is 0 Å². The average Bonchev–Trinajstić information content (AvgIpc) is 2.92. The lowest BCUT2D eigenvalue weighted by Crippen LogP contribution is -2.29. The number of sulfone groups is 1. The van der Waals surface area contributed by atoms with E-state index >= 15 is 0 Å². The van der Waals surface area contributed by atoms with Crippen LogP contribution in [0.3, 0.4) is 0 Å². The monoisotopic (exact) mass is 501 g/mol. The number of imidazole rings is 1. The number of rotatable bonds is 6. The minimum absolute atomic E-state index is 0.0824. The zero-order valence-electron chi connectivity index (χ0n) is 19.9. The lowest BCUT2D eigenvalue weighted by atomic mass is 9.98. The van der Waals surface area contributed by atoms with Gasteiger partial charge in [0.15, 0.2) is 15.5 Å². The number of carboxylic acid groups (broad SMARTS) is 1. The lowest BCUT2D eigenvalue weighted by Gasteiger charge is -2.16. The number of pyridine rings is 1. The van der Waals surface area contributed by atoms with Crippen LogP contribution in [0.25, 0.3) is 11.2 Å². The number of halogens is 1. The van der Waals surface area contributed by atoms with Gasteiger partial charge in [-0.15, -0.1) is 0 Å². The zero-order chi connectivity index (χ0) is 25.5. The summed E-state index contributed by atoms with van der Waals surface area (Å²) in [5.74, 6) is -2.27. The summed E-state index contributed by atoms with van der Waals surface area (Å²) in [6.45, 7) is 4.95. The van der Waals surface area contributed by atoms with Gasteiger partial charge in [0.2, 0.25) is 0 Å². The summed E-state index contributed by atoms with van der Waals surface area (Å²) in [6, 6.07) is 5.50. The minimum atomic E-state index is -3.89. The SMILES string of the molecule is Cc1ccc(S(=O)(=O)CC2=CCC(n3c(=O)n(CC(=O)O)c4c(C)ccnc43)CCC2C)c(F)c1. The number of benzene rings is 1. The summed E-state index contributed by atoms with van der Waals surface area (Å²) in [6.07, 6.45) is 5.00. The Morgan fingerprint density at radius 2 is 1.97 bits per heavy atom. The molecule has 1 aliphatic carbocycles. The third kappa shape index (κ3) is 4.80. The van der Waals surface area contributed by atoms with E-state index in [0.717, 1.165) is 5.56 Å². The van der Waals surface area contributed by atoms with E-state index in [1.165, 1.54) is 21.3 Å². The van der Waals surface area contributed by atoms with Crippen molar-refractivity contribution in [2.45, 2.75) is 57.5 Å². The first-order valence-electron chi connectivity index (χ1n) is 11.5. The Balaban J connectivity index is 1.70. The van der Waals surface area contributed by atoms with Gasteiger partial charge in [0.05, 0.1) is 11.3 Å². The van der Waals surface area contributed by atoms with Crippen molar-refractivity contribution in [1.82, 2.24) is 14.1 Å². The van der Waals surface area contributed by atoms with Crippen molar-refractivity contribution in [3.63, 3.8) is 0 Å². The second-order valence-electron chi connectivity index (χ2n) is 9.27. The van der Waals surface area contributed by atoms with Crippen molar-refractivity contribution in [3.05, 3.63) is 69.5 Å². The lowest BCUT2D eigenvalue weighted by molar-refractivity contribution is -0.137. The van der Waals surface area contributed by atoms with E-state index < -0.39 is 33.9 Å². The fraction of sp³-hybridized carbons (Fsp3) is 0.400. The first-order valence-corrected chi connectivity index (χ1v) is 13.1. The average molecular weight is 502 g/mol. The highest BCUT2D eigenvalue weighted by molar-refractivity contribution is 7.91. The molecular formula is C25H28FN3O5S. The summed E-state index contributed by atoms with van der Waals surface area (Å²) in [5.41, 5.74) is 2.52. The fourth-order valence-electron chi connectivity index (χ4n) is 4.80. The highest BCUT2D eigenvalue weighted by Gasteiger charge is 2.28. The van der Waals surface area contributed by atoms with E-state index in [4.69, 9.17) is 0 Å². The van der Waals surface area contributed by atoms with E-state index in [-0.39, 0.29) is 22.6 Å². The summed E-state index contributed by atoms with van der Waals surface area (Å²) in [4.78, 5) is 28.8. The molecule has 10 heteroatoms. The van der Waals surface area contributed by atoms with Crippen LogP contribution < -0.4 is 5.69 Å². The highest BCUT2D eigenvalue weighted by atomic mass is 32.2. The molecule has 2 atom stereocenters. The third-order valence-corrected chi connectivity index (χ3v) is 8.41. The van der Waals surface area contributed by atoms with Crippen LogP contribution in [0.1, 0.15) is 43.4 Å². The second kappa shape index (κ2) is 9.41. The first-order chi connectivity index (χ1) is 16.5. The Morgan fingerprint density at radius 3 is 2.66 bits per heavy atom. The van der Waals surface area contributed by atoms with Crippen LogP contribution in [-0.4, -0.2) is 39.4 Å². The molecule has 2 heterocycles. The van der Waals surface area contributed by atoms with Crippen molar-refractivity contribution in [3.8, 4) is 0 Å². The number of carbonyl (C=O) groups is 1. The van der Waals surface area contributed by atoms with Gasteiger partial charge in [-0.25, -0.2) is 22.6 Å². The standard InChI is InChI=1S/C25H28FN3O5S/c1-15-4-9-21(20(26)12-15)35(33,34)14-18-6-8-19(7-5-16(18)2)29-24-23(17(3)10-11-27-24)28(25(29)32)13-22(30)31/h4,6,9-12,16,19H,5,7-8,13-14H2,1-3H3,(H,30,31). The van der Waals surface area contributed by atoms with Crippen molar-refractivity contribution < 1.29 is 22.7 Å². The smallest absolute Gasteiger partial charge is 0.331 e. The molecule has 0 saturated heterocycles. The second-order valence-corrected chi connectivity index (χ2v) is 11.2. The molecule has 0 radical (unpaired) electrons. The molecule has 2 unspecified atom stereocenters. The summed E-state index contributed by atoms with van der Waals surface area (Å²) >= 11 is 0. The minimum Gasteiger partial charge on any atom is -0.480 e. The Labute approximate surface area is 202 Å². The van der Waals surface area contributed by atoms with E-state index in [1.54, 1.807) is 32.2 Å². The number of hydrogen-bond acceptors (Lipinski definition) is 5. The fourth-order valence-corrected chi connectivity index (χ4v) is 6.43. The molecule has 3 aromatic rings. The predicted octanol–water partition coefficient (Wildman–Crippen LogP) is 3.80. The van der Waals surface area contributed by atoms with Crippen molar-refractivity contribution in [2.24, 2.45) is 5.92 Å². The molecule has 35 heavy (non-hydrogen) atoms. The van der Waals surface area contributed by atoms with E-state index in [1.807, 2.05) is 13.0 Å². The molecule has 2 aromatic heterocycles. The number of nitrogens with zero attached hydrogens (tertiary/aromatic N) is 3. The maximum atomic E-state index is 14.4. The molecule has 1 aliphatic rings. The number of fused-ring (bicyclic) bond motifs is 1. The van der Waals surface area contributed by atoms with E-state index in [2.05, 4.69) is 4.98 Å². The van der Waals surface area contributed by atoms with Crippen LogP contribution in [-0.2, 0) is 21.2 Å². The van der Waals surface area contributed by atoms with Gasteiger partial charge in [0.1, 0.15) is 17.3 Å². The van der Waals surface area contributed by atoms with Gasteiger partial charge in [-0.2, -0.15) is 0 Å². The van der Waals surface area contributed by atoms with Gasteiger partial charge >= 0.3 is 11.7 Å². The van der Waals surface area contributed by atoms with Crippen molar-refractivity contribution in [2.75, 3.05) is 5.75 Å². The normalized spacial score (nSPS) is 18.9. The molecule has 0 bridgehead atoms. The molecule has 4 rings (SSSR count). The Morgan fingerprint density at radius 1 is 1.23 bits per heavy atom. The van der Waals surface area contributed by atoms with Crippen molar-refractivity contribution >= 4 is 27.0 Å². The topological polar surface area (TPSA) is 111 Å². The van der Waals surface area contributed by atoms with Crippen LogP contribution in [0.5, 0.6) is 0 Å². The van der Waals surface area contributed by atoms with Crippen LogP contribution in [0, 0.1) is 25.6 Å². The molecule has 0 saturated carbocycles. The maximum absolute atomic E-state index is 14.4. The predicted molar refractivity (Wildman–Crippen MR) is 130 cm³/mol. The Bertz CT molecular complexity index is 1500. The summed E-state index contributed by atoms with van der Waals surface area (Å²) in [7, 11) is -3.89. The Kier molecular flexibility index (Phi) is 6.68. The highest BCUT2D eigenvalue weighted by Crippen LogP contribution is 2.33. The van der Waals surface area contributed by atoms with Crippen LogP contribution in [0.2, 0.25) is 0 Å². The number of hydrogen-bond donors (Lipinski definition) is 1. The molecule has 0 aliphatic heterocycles. The molecule has 186 valence electrons. The first kappa shape index (κ1) is 24.8. The maximum Gasteiger partial charge on any atom is 0.331 e. The van der Waals surface area contributed by atoms with E-state index in [0.29, 0.717) is 41.6 Å². The van der Waals surface area contributed by atoms with Crippen LogP contribution in [0.15, 0.2) is 51.8 Å². The summed E-state index contributed by atoms with van der Waals surface area (Å²) < 4.78 is 43.2. The number of aryl methyl sites for hydroxylation is 2. The molecule has 1 aromatic carbocycles. The van der Waals surface area contributed by atoms with Gasteiger partial charge in [-0.05, 0) is 68.4 Å². The quantitative estimate of drug-likeness (QED) is 0.515. The van der Waals surface area contributed by atoms with Crippen molar-refractivity contribution in [1.29, 1.82) is 0 Å². The molecule has 1 N–H and O–H groups in total. The number of aromatic nitrogens is 3. The van der Waals surface area contributed by atoms with Gasteiger partial charge in [0, 0.05) is 12.2 Å². The molecule has 0 fully saturated rings. The third-order valence-electron chi connectivity index (χ3n) is 6.70. The van der Waals surface area contributed by atoms with Gasteiger partial charge in [-0.1, -0.05) is 24.6 Å². The largest absolute Gasteiger partial charge is 0.480 e. The Hall–Kier alpha value is -3.27. The number of carboxylic acids is 1. The molecule has 0 amide bonds. The van der Waals surface area contributed by atoms with Gasteiger partial charge < -0.3 is 5.11 Å². The van der Waals surface area contributed by atoms with E-state index in [9.17, 15) is 27.5 Å². The molecular weight excluding hydrogens is 473 g/mol. The van der Waals surface area contributed by atoms with Crippen LogP contribution in [0.4, 0.5) is 4.39 Å². The molecule has 8 nitrogen and oxygen atoms in total. The van der Waals surface area contributed by atoms with Gasteiger partial charge in [-0.3, -0.25) is 13.9 Å². The number of aliphatic carboxylic acids is 1. The zero-order valence-corrected chi connectivity index (χ0v) is 20.7. The molecule has 0 spiro atoms. The van der Waals surface area contributed by atoms with Gasteiger partial charge in [0.25, 0.3) is 0 Å².